The fourth-order valence-corrected chi connectivity index (χ4v) is 3.15. The molecular weight excluding hydrogens is 314 g/mol. The molecule has 2 aromatic rings. The summed E-state index contributed by atoms with van der Waals surface area (Å²) in [6, 6.07) is 16.3. The van der Waals surface area contributed by atoms with Gasteiger partial charge in [0.15, 0.2) is 0 Å². The van der Waals surface area contributed by atoms with Crippen molar-refractivity contribution in [1.82, 2.24) is 5.32 Å². The molecule has 0 amide bonds. The van der Waals surface area contributed by atoms with Gasteiger partial charge < -0.3 is 19.7 Å². The third-order valence-corrected chi connectivity index (χ3v) is 4.54. The number of methoxy groups -OCH3 is 2. The normalized spacial score (nSPS) is 16.5. The van der Waals surface area contributed by atoms with Crippen molar-refractivity contribution in [3.8, 4) is 17.6 Å². The molecule has 1 saturated heterocycles. The van der Waals surface area contributed by atoms with Gasteiger partial charge in [-0.05, 0) is 24.1 Å². The lowest BCUT2D eigenvalue weighted by molar-refractivity contribution is 0.394. The van der Waals surface area contributed by atoms with Crippen LogP contribution in [0, 0.1) is 11.3 Å². The molecule has 0 aliphatic carbocycles. The van der Waals surface area contributed by atoms with Crippen molar-refractivity contribution in [3.05, 3.63) is 53.6 Å². The number of anilines is 1. The Morgan fingerprint density at radius 3 is 2.60 bits per heavy atom. The van der Waals surface area contributed by atoms with Crippen LogP contribution in [0.15, 0.2) is 42.5 Å². The lowest BCUT2D eigenvalue weighted by Gasteiger charge is -2.20. The van der Waals surface area contributed by atoms with Gasteiger partial charge in [-0.15, -0.1) is 0 Å². The van der Waals surface area contributed by atoms with Gasteiger partial charge in [0.25, 0.3) is 0 Å². The summed E-state index contributed by atoms with van der Waals surface area (Å²) < 4.78 is 10.7. The SMILES string of the molecule is COc1cc(OC)cc(N2CC[C@H](NCc3cccc(C#N)c3)C2)c1. The van der Waals surface area contributed by atoms with E-state index in [0.717, 1.165) is 48.8 Å². The van der Waals surface area contributed by atoms with Gasteiger partial charge in [-0.3, -0.25) is 0 Å². The number of hydrogen-bond donors (Lipinski definition) is 1. The quantitative estimate of drug-likeness (QED) is 0.878. The molecule has 0 spiro atoms. The van der Waals surface area contributed by atoms with Crippen LogP contribution in [-0.4, -0.2) is 33.4 Å². The van der Waals surface area contributed by atoms with Crippen molar-refractivity contribution in [2.24, 2.45) is 0 Å². The third-order valence-electron chi connectivity index (χ3n) is 4.54. The molecule has 0 radical (unpaired) electrons. The molecule has 25 heavy (non-hydrogen) atoms. The Balaban J connectivity index is 1.61. The van der Waals surface area contributed by atoms with Gasteiger partial charge in [-0.2, -0.15) is 5.26 Å². The molecule has 0 bridgehead atoms. The second-order valence-corrected chi connectivity index (χ2v) is 6.20. The summed E-state index contributed by atoms with van der Waals surface area (Å²) in [6.07, 6.45) is 1.08. The van der Waals surface area contributed by atoms with Crippen molar-refractivity contribution in [3.63, 3.8) is 0 Å². The van der Waals surface area contributed by atoms with E-state index in [1.807, 2.05) is 42.5 Å². The van der Waals surface area contributed by atoms with E-state index in [9.17, 15) is 0 Å². The highest BCUT2D eigenvalue weighted by Gasteiger charge is 2.23. The zero-order chi connectivity index (χ0) is 17.6. The van der Waals surface area contributed by atoms with Gasteiger partial charge in [0.05, 0.1) is 25.9 Å². The smallest absolute Gasteiger partial charge is 0.124 e. The zero-order valence-corrected chi connectivity index (χ0v) is 14.7. The van der Waals surface area contributed by atoms with Gasteiger partial charge in [0.1, 0.15) is 11.5 Å². The van der Waals surface area contributed by atoms with Crippen LogP contribution in [0.1, 0.15) is 17.5 Å². The van der Waals surface area contributed by atoms with Crippen LogP contribution in [0.25, 0.3) is 0 Å². The third kappa shape index (κ3) is 4.23. The van der Waals surface area contributed by atoms with Crippen molar-refractivity contribution in [2.45, 2.75) is 19.0 Å². The van der Waals surface area contributed by atoms with E-state index in [2.05, 4.69) is 16.3 Å². The molecule has 1 atom stereocenters. The Bertz CT molecular complexity index is 748. The summed E-state index contributed by atoms with van der Waals surface area (Å²) in [6.45, 7) is 2.70. The van der Waals surface area contributed by atoms with Crippen molar-refractivity contribution < 1.29 is 9.47 Å². The highest BCUT2D eigenvalue weighted by molar-refractivity contribution is 5.56. The summed E-state index contributed by atoms with van der Waals surface area (Å²) in [5, 5.41) is 12.6. The number of nitrogens with one attached hydrogen (secondary N) is 1. The van der Waals surface area contributed by atoms with E-state index in [0.29, 0.717) is 11.6 Å². The van der Waals surface area contributed by atoms with E-state index in [1.165, 1.54) is 0 Å². The molecule has 1 fully saturated rings. The molecular formula is C20H23N3O2. The number of rotatable bonds is 6. The molecule has 0 aromatic heterocycles. The number of hydrogen-bond acceptors (Lipinski definition) is 5. The summed E-state index contributed by atoms with van der Waals surface area (Å²) in [5.74, 6) is 1.61. The van der Waals surface area contributed by atoms with Crippen LogP contribution in [0.2, 0.25) is 0 Å². The molecule has 0 saturated carbocycles. The monoisotopic (exact) mass is 337 g/mol. The van der Waals surface area contributed by atoms with Crippen molar-refractivity contribution in [1.29, 1.82) is 5.26 Å². The molecule has 5 heteroatoms. The maximum Gasteiger partial charge on any atom is 0.124 e. The van der Waals surface area contributed by atoms with Crippen LogP contribution >= 0.6 is 0 Å². The van der Waals surface area contributed by atoms with Crippen LogP contribution in [0.5, 0.6) is 11.5 Å². The molecule has 1 heterocycles. The Morgan fingerprint density at radius 1 is 1.16 bits per heavy atom. The predicted octanol–water partition coefficient (Wildman–Crippen LogP) is 2.94. The summed E-state index contributed by atoms with van der Waals surface area (Å²) >= 11 is 0. The van der Waals surface area contributed by atoms with E-state index < -0.39 is 0 Å². The van der Waals surface area contributed by atoms with Crippen LogP contribution in [0.3, 0.4) is 0 Å². The summed E-state index contributed by atoms with van der Waals surface area (Å²) in [7, 11) is 3.34. The Morgan fingerprint density at radius 2 is 1.92 bits per heavy atom. The molecule has 0 unspecified atom stereocenters. The molecule has 3 rings (SSSR count). The minimum atomic E-state index is 0.419. The fraction of sp³-hybridized carbons (Fsp3) is 0.350. The molecule has 2 aromatic carbocycles. The summed E-state index contributed by atoms with van der Waals surface area (Å²) in [5.41, 5.74) is 2.96. The Hall–Kier alpha value is -2.71. The predicted molar refractivity (Wildman–Crippen MR) is 98.2 cm³/mol. The first-order valence-electron chi connectivity index (χ1n) is 8.42. The molecule has 5 nitrogen and oxygen atoms in total. The zero-order valence-electron chi connectivity index (χ0n) is 14.7. The van der Waals surface area contributed by atoms with Crippen LogP contribution in [0.4, 0.5) is 5.69 Å². The van der Waals surface area contributed by atoms with E-state index in [-0.39, 0.29) is 0 Å². The highest BCUT2D eigenvalue weighted by atomic mass is 16.5. The van der Waals surface area contributed by atoms with Crippen molar-refractivity contribution in [2.75, 3.05) is 32.2 Å². The molecule has 1 aliphatic heterocycles. The van der Waals surface area contributed by atoms with Crippen LogP contribution < -0.4 is 19.7 Å². The standard InChI is InChI=1S/C20H23N3O2/c1-24-19-9-18(10-20(11-19)25-2)23-7-6-17(14-23)22-13-16-5-3-4-15(8-16)12-21/h3-5,8-11,17,22H,6-7,13-14H2,1-2H3/t17-/m0/s1. The fourth-order valence-electron chi connectivity index (χ4n) is 3.15. The molecule has 130 valence electrons. The van der Waals surface area contributed by atoms with Gasteiger partial charge in [0.2, 0.25) is 0 Å². The average Bonchev–Trinajstić information content (AvgIpc) is 3.15. The van der Waals surface area contributed by atoms with Crippen molar-refractivity contribution >= 4 is 5.69 Å². The number of ether oxygens (including phenoxy) is 2. The second-order valence-electron chi connectivity index (χ2n) is 6.20. The van der Waals surface area contributed by atoms with Gasteiger partial charge in [-0.1, -0.05) is 12.1 Å². The maximum absolute atomic E-state index is 8.99. The number of nitriles is 1. The Kier molecular flexibility index (Phi) is 5.42. The highest BCUT2D eigenvalue weighted by Crippen LogP contribution is 2.30. The average molecular weight is 337 g/mol. The lowest BCUT2D eigenvalue weighted by Crippen LogP contribution is -2.32. The van der Waals surface area contributed by atoms with Crippen LogP contribution in [-0.2, 0) is 6.54 Å². The number of benzene rings is 2. The maximum atomic E-state index is 8.99. The van der Waals surface area contributed by atoms with Gasteiger partial charge in [-0.25, -0.2) is 0 Å². The topological polar surface area (TPSA) is 57.5 Å². The van der Waals surface area contributed by atoms with Gasteiger partial charge >= 0.3 is 0 Å². The number of nitrogens with zero attached hydrogens (tertiary/aromatic N) is 2. The minimum Gasteiger partial charge on any atom is -0.497 e. The molecule has 1 aliphatic rings. The Labute approximate surface area is 148 Å². The van der Waals surface area contributed by atoms with E-state index in [4.69, 9.17) is 14.7 Å². The first-order valence-corrected chi connectivity index (χ1v) is 8.42. The second kappa shape index (κ2) is 7.91. The first kappa shape index (κ1) is 17.1. The molecule has 1 N–H and O–H groups in total. The van der Waals surface area contributed by atoms with E-state index in [1.54, 1.807) is 14.2 Å². The lowest BCUT2D eigenvalue weighted by atomic mass is 10.1. The van der Waals surface area contributed by atoms with Gasteiger partial charge in [0, 0.05) is 49.6 Å². The van der Waals surface area contributed by atoms with E-state index >= 15 is 0 Å². The first-order chi connectivity index (χ1) is 12.2. The summed E-state index contributed by atoms with van der Waals surface area (Å²) in [4.78, 5) is 2.34. The minimum absolute atomic E-state index is 0.419. The largest absolute Gasteiger partial charge is 0.497 e.